The van der Waals surface area contributed by atoms with Crippen molar-refractivity contribution in [3.05, 3.63) is 71.3 Å². The maximum absolute atomic E-state index is 12.8. The number of aliphatic hydroxyl groups is 1. The number of amides is 2. The molecule has 1 fully saturated rings. The molecule has 2 aromatic rings. The van der Waals surface area contributed by atoms with Crippen LogP contribution in [-0.2, 0) is 13.0 Å². The number of aromatic carboxylic acids is 1. The predicted octanol–water partition coefficient (Wildman–Crippen LogP) is 2.66. The topological polar surface area (TPSA) is 89.9 Å². The van der Waals surface area contributed by atoms with E-state index in [0.717, 1.165) is 24.0 Å². The Morgan fingerprint density at radius 1 is 1.04 bits per heavy atom. The maximum atomic E-state index is 12.8. The van der Waals surface area contributed by atoms with E-state index >= 15 is 0 Å². The van der Waals surface area contributed by atoms with Crippen LogP contribution in [0.5, 0.6) is 0 Å². The molecule has 0 spiro atoms. The van der Waals surface area contributed by atoms with Gasteiger partial charge in [0.2, 0.25) is 0 Å². The van der Waals surface area contributed by atoms with Crippen molar-refractivity contribution >= 4 is 12.0 Å². The Labute approximate surface area is 158 Å². The third-order valence-electron chi connectivity index (χ3n) is 5.16. The van der Waals surface area contributed by atoms with E-state index in [1.807, 2.05) is 30.3 Å². The fraction of sp³-hybridized carbons (Fsp3) is 0.333. The van der Waals surface area contributed by atoms with Crippen LogP contribution in [0.2, 0.25) is 0 Å². The van der Waals surface area contributed by atoms with Gasteiger partial charge in [-0.05, 0) is 42.5 Å². The van der Waals surface area contributed by atoms with E-state index < -0.39 is 11.5 Å². The number of carbonyl (C=O) groups excluding carboxylic acids is 1. The number of nitrogens with one attached hydrogen (secondary N) is 1. The van der Waals surface area contributed by atoms with Crippen molar-refractivity contribution in [1.29, 1.82) is 0 Å². The molecule has 6 heteroatoms. The first-order chi connectivity index (χ1) is 13.0. The Morgan fingerprint density at radius 3 is 2.37 bits per heavy atom. The molecular weight excluding hydrogens is 344 g/mol. The minimum atomic E-state index is -0.976. The van der Waals surface area contributed by atoms with Crippen molar-refractivity contribution in [2.75, 3.05) is 13.2 Å². The van der Waals surface area contributed by atoms with Crippen molar-refractivity contribution < 1.29 is 19.8 Å². The van der Waals surface area contributed by atoms with Gasteiger partial charge in [0.15, 0.2) is 0 Å². The molecule has 2 amide bonds. The summed E-state index contributed by atoms with van der Waals surface area (Å²) in [7, 11) is 0. The molecule has 0 saturated carbocycles. The first-order valence-electron chi connectivity index (χ1n) is 9.06. The second kappa shape index (κ2) is 8.22. The van der Waals surface area contributed by atoms with Gasteiger partial charge in [-0.2, -0.15) is 0 Å². The summed E-state index contributed by atoms with van der Waals surface area (Å²) in [5.41, 5.74) is 1.55. The highest BCUT2D eigenvalue weighted by atomic mass is 16.4. The minimum Gasteiger partial charge on any atom is -0.478 e. The van der Waals surface area contributed by atoms with Gasteiger partial charge in [0.25, 0.3) is 0 Å². The monoisotopic (exact) mass is 368 g/mol. The van der Waals surface area contributed by atoms with Crippen molar-refractivity contribution in [2.24, 2.45) is 0 Å². The summed E-state index contributed by atoms with van der Waals surface area (Å²) >= 11 is 0. The quantitative estimate of drug-likeness (QED) is 0.731. The Morgan fingerprint density at radius 2 is 1.74 bits per heavy atom. The van der Waals surface area contributed by atoms with Gasteiger partial charge in [0, 0.05) is 13.1 Å². The Balaban J connectivity index is 1.66. The Bertz CT molecular complexity index is 792. The predicted molar refractivity (Wildman–Crippen MR) is 102 cm³/mol. The molecule has 0 aromatic heterocycles. The van der Waals surface area contributed by atoms with Crippen molar-refractivity contribution in [3.63, 3.8) is 0 Å². The van der Waals surface area contributed by atoms with E-state index in [2.05, 4.69) is 5.32 Å². The van der Waals surface area contributed by atoms with Crippen LogP contribution in [0.25, 0.3) is 0 Å². The number of urea groups is 1. The van der Waals surface area contributed by atoms with Gasteiger partial charge < -0.3 is 20.4 Å². The molecule has 1 heterocycles. The Hall–Kier alpha value is -2.86. The molecule has 3 rings (SSSR count). The van der Waals surface area contributed by atoms with Crippen LogP contribution in [0.15, 0.2) is 54.6 Å². The third-order valence-corrected chi connectivity index (χ3v) is 5.16. The summed E-state index contributed by atoms with van der Waals surface area (Å²) < 4.78 is 0. The lowest BCUT2D eigenvalue weighted by Crippen LogP contribution is -2.54. The summed E-state index contributed by atoms with van der Waals surface area (Å²) in [6, 6.07) is 16.1. The number of carbonyl (C=O) groups is 2. The van der Waals surface area contributed by atoms with Gasteiger partial charge in [0.05, 0.1) is 17.7 Å². The van der Waals surface area contributed by atoms with E-state index in [0.29, 0.717) is 19.5 Å². The summed E-state index contributed by atoms with van der Waals surface area (Å²) in [5, 5.41) is 21.9. The summed E-state index contributed by atoms with van der Waals surface area (Å²) in [6.45, 7) is 0.835. The van der Waals surface area contributed by atoms with E-state index in [1.54, 1.807) is 17.0 Å². The van der Waals surface area contributed by atoms with E-state index in [1.165, 1.54) is 12.1 Å². The van der Waals surface area contributed by atoms with Crippen LogP contribution in [-0.4, -0.2) is 45.8 Å². The lowest BCUT2D eigenvalue weighted by atomic mass is 9.89. The molecule has 6 nitrogen and oxygen atoms in total. The van der Waals surface area contributed by atoms with Crippen molar-refractivity contribution in [1.82, 2.24) is 10.2 Å². The van der Waals surface area contributed by atoms with Gasteiger partial charge >= 0.3 is 12.0 Å². The highest BCUT2D eigenvalue weighted by Crippen LogP contribution is 2.32. The van der Waals surface area contributed by atoms with Gasteiger partial charge in [-0.15, -0.1) is 0 Å². The second-order valence-corrected chi connectivity index (χ2v) is 6.96. The Kier molecular flexibility index (Phi) is 5.76. The average molecular weight is 368 g/mol. The molecular formula is C21H24N2O4. The number of carboxylic acids is 1. The molecule has 142 valence electrons. The van der Waals surface area contributed by atoms with Crippen LogP contribution in [0.1, 0.15) is 34.3 Å². The zero-order valence-corrected chi connectivity index (χ0v) is 15.1. The van der Waals surface area contributed by atoms with Gasteiger partial charge in [-0.3, -0.25) is 0 Å². The fourth-order valence-electron chi connectivity index (χ4n) is 3.67. The number of hydrogen-bond donors (Lipinski definition) is 3. The first kappa shape index (κ1) is 18.9. The summed E-state index contributed by atoms with van der Waals surface area (Å²) in [6.07, 6.45) is 2.23. The molecule has 1 aliphatic rings. The van der Waals surface area contributed by atoms with Gasteiger partial charge in [-0.1, -0.05) is 42.5 Å². The van der Waals surface area contributed by atoms with E-state index in [-0.39, 0.29) is 18.2 Å². The maximum Gasteiger partial charge on any atom is 0.335 e. The van der Waals surface area contributed by atoms with Gasteiger partial charge in [0.1, 0.15) is 0 Å². The smallest absolute Gasteiger partial charge is 0.335 e. The number of nitrogens with zero attached hydrogens (tertiary/aromatic N) is 1. The lowest BCUT2D eigenvalue weighted by Gasteiger charge is -2.37. The normalized spacial score (nSPS) is 19.1. The molecule has 2 aromatic carbocycles. The van der Waals surface area contributed by atoms with Crippen LogP contribution < -0.4 is 5.32 Å². The SMILES string of the molecule is O=C(O)c1ccc(CNC(=O)N2CCCC2(CO)Cc2ccccc2)cc1. The molecule has 1 saturated heterocycles. The van der Waals surface area contributed by atoms with Crippen molar-refractivity contribution in [2.45, 2.75) is 31.3 Å². The highest BCUT2D eigenvalue weighted by Gasteiger charge is 2.43. The standard InChI is InChI=1S/C21H24N2O4/c24-15-21(13-16-5-2-1-3-6-16)11-4-12-23(21)20(27)22-14-17-7-9-18(10-8-17)19(25)26/h1-3,5-10,24H,4,11-15H2,(H,22,27)(H,25,26). The average Bonchev–Trinajstić information content (AvgIpc) is 3.11. The highest BCUT2D eigenvalue weighted by molar-refractivity contribution is 5.87. The molecule has 0 radical (unpaired) electrons. The number of likely N-dealkylation sites (tertiary alicyclic amines) is 1. The summed E-state index contributed by atoms with van der Waals surface area (Å²) in [5.74, 6) is -0.976. The number of carboxylic acid groups (broad SMARTS) is 1. The molecule has 1 atom stereocenters. The molecule has 0 aliphatic carbocycles. The molecule has 0 bridgehead atoms. The van der Waals surface area contributed by atoms with Crippen LogP contribution in [0, 0.1) is 0 Å². The number of aliphatic hydroxyl groups excluding tert-OH is 1. The van der Waals surface area contributed by atoms with Gasteiger partial charge in [-0.25, -0.2) is 9.59 Å². The second-order valence-electron chi connectivity index (χ2n) is 6.96. The van der Waals surface area contributed by atoms with Crippen LogP contribution >= 0.6 is 0 Å². The fourth-order valence-corrected chi connectivity index (χ4v) is 3.67. The first-order valence-corrected chi connectivity index (χ1v) is 9.06. The van der Waals surface area contributed by atoms with Crippen LogP contribution in [0.4, 0.5) is 4.79 Å². The van der Waals surface area contributed by atoms with E-state index in [9.17, 15) is 14.7 Å². The lowest BCUT2D eigenvalue weighted by molar-refractivity contribution is 0.0696. The summed E-state index contributed by atoms with van der Waals surface area (Å²) in [4.78, 5) is 25.4. The molecule has 1 unspecified atom stereocenters. The zero-order chi connectivity index (χ0) is 19.3. The minimum absolute atomic E-state index is 0.0807. The number of benzene rings is 2. The zero-order valence-electron chi connectivity index (χ0n) is 15.1. The van der Waals surface area contributed by atoms with E-state index in [4.69, 9.17) is 5.11 Å². The molecule has 3 N–H and O–H groups in total. The number of hydrogen-bond acceptors (Lipinski definition) is 3. The van der Waals surface area contributed by atoms with Crippen LogP contribution in [0.3, 0.4) is 0 Å². The third kappa shape index (κ3) is 4.28. The van der Waals surface area contributed by atoms with Crippen molar-refractivity contribution in [3.8, 4) is 0 Å². The largest absolute Gasteiger partial charge is 0.478 e. The number of rotatable bonds is 6. The molecule has 27 heavy (non-hydrogen) atoms. The molecule has 1 aliphatic heterocycles.